The van der Waals surface area contributed by atoms with Gasteiger partial charge in [-0.05, 0) is 0 Å². The summed E-state index contributed by atoms with van der Waals surface area (Å²) in [6, 6.07) is 0. The van der Waals surface area contributed by atoms with E-state index >= 15 is 0 Å². The van der Waals surface area contributed by atoms with E-state index in [1.54, 1.807) is 6.92 Å². The minimum absolute atomic E-state index is 0. The van der Waals surface area contributed by atoms with E-state index in [9.17, 15) is 4.79 Å². The van der Waals surface area contributed by atoms with Crippen LogP contribution in [-0.4, -0.2) is 28.3 Å². The smallest absolute Gasteiger partial charge is 1.00 e. The Morgan fingerprint density at radius 2 is 1.67 bits per heavy atom. The maximum atomic E-state index is 10.1. The zero-order valence-electron chi connectivity index (χ0n) is 4.96. The largest absolute Gasteiger partial charge is 1.00 e. The van der Waals surface area contributed by atoms with Gasteiger partial charge in [0.25, 0.3) is 0 Å². The molecule has 0 bridgehead atoms. The van der Waals surface area contributed by atoms with Gasteiger partial charge in [-0.25, -0.2) is 0 Å². The van der Waals surface area contributed by atoms with Crippen LogP contribution >= 0.6 is 0 Å². The Labute approximate surface area is 87.7 Å². The van der Waals surface area contributed by atoms with E-state index in [2.05, 4.69) is 0 Å². The minimum atomic E-state index is 0. The first-order chi connectivity index (χ1) is 2.77. The van der Waals surface area contributed by atoms with Crippen LogP contribution in [0, 0.1) is 0 Å². The van der Waals surface area contributed by atoms with E-state index in [4.69, 9.17) is 0 Å². The molecule has 0 heterocycles. The van der Waals surface area contributed by atoms with Gasteiger partial charge in [-0.3, -0.25) is 0 Å². The molecule has 5 heteroatoms. The Kier molecular flexibility index (Phi) is 40.3. The molecule has 0 amide bonds. The van der Waals surface area contributed by atoms with Crippen LogP contribution in [0.3, 0.4) is 0 Å². The molecule has 0 saturated heterocycles. The second-order valence-electron chi connectivity index (χ2n) is 1.20. The topological polar surface area (TPSA) is 17.1 Å². The first-order valence-electron chi connectivity index (χ1n) is 1.91. The summed E-state index contributed by atoms with van der Waals surface area (Å²) in [5, 5.41) is 0. The third kappa shape index (κ3) is 26.7. The van der Waals surface area contributed by atoms with Crippen molar-refractivity contribution in [3.8, 4) is 0 Å². The number of hydrogen-bond donors (Lipinski definition) is 0. The van der Waals surface area contributed by atoms with Gasteiger partial charge in [-0.15, -0.1) is 0 Å². The molecule has 0 rings (SSSR count). The summed E-state index contributed by atoms with van der Waals surface area (Å²) >= 11 is 1.46. The Bertz CT molecular complexity index is 59.8. The van der Waals surface area contributed by atoms with Gasteiger partial charge in [-0.2, -0.15) is 0 Å². The summed E-state index contributed by atoms with van der Waals surface area (Å²) in [6.45, 7) is 1.63. The molecule has 0 aliphatic heterocycles. The number of Topliss-reactive ketones (excluding diaryl/α,β-unsaturated/α-hetero) is 1. The van der Waals surface area contributed by atoms with Crippen molar-refractivity contribution in [2.45, 2.75) is 17.8 Å². The van der Waals surface area contributed by atoms with E-state index in [0.717, 1.165) is 10.9 Å². The quantitative estimate of drug-likeness (QED) is 0.463. The molecule has 0 aromatic rings. The molecule has 0 aliphatic rings. The van der Waals surface area contributed by atoms with Gasteiger partial charge in [-0.1, -0.05) is 0 Å². The van der Waals surface area contributed by atoms with E-state index in [1.807, 2.05) is 0 Å². The summed E-state index contributed by atoms with van der Waals surface area (Å²) in [5.74, 6) is 0.312. The summed E-state index contributed by atoms with van der Waals surface area (Å²) < 4.78 is 1.07. The first kappa shape index (κ1) is 22.4. The fourth-order valence-electron chi connectivity index (χ4n) is 0.176. The van der Waals surface area contributed by atoms with E-state index in [1.165, 1.54) is 22.5 Å². The molecule has 0 atom stereocenters. The van der Waals surface area contributed by atoms with E-state index in [-0.39, 0.29) is 37.2 Å². The monoisotopic (exact) mass is 296 g/mol. The average Bonchev–Trinajstić information content (AvgIpc) is 1.35. The zero-order chi connectivity index (χ0) is 4.99. The normalized spacial score (nSPS) is 5.67. The SMILES string of the molecule is CC(=O)C[CH2][Sn+3].[Cl-].[Cl-].[Cl-]. The fraction of sp³-hybridized carbons (Fsp3) is 0.750. The zero-order valence-corrected chi connectivity index (χ0v) is 10.1. The molecule has 0 aromatic carbocycles. The Morgan fingerprint density at radius 3 is 1.67 bits per heavy atom. The summed E-state index contributed by atoms with van der Waals surface area (Å²) in [4.78, 5) is 10.1. The molecular formula is C4H7Cl3OSn. The summed E-state index contributed by atoms with van der Waals surface area (Å²) in [7, 11) is 0. The number of carbonyl (C=O) groups is 1. The van der Waals surface area contributed by atoms with Crippen molar-refractivity contribution in [2.24, 2.45) is 0 Å². The molecule has 0 aromatic heterocycles. The second-order valence-corrected chi connectivity index (χ2v) is 2.63. The molecule has 9 heavy (non-hydrogen) atoms. The molecular weight excluding hydrogens is 289 g/mol. The molecule has 0 radical (unpaired) electrons. The van der Waals surface area contributed by atoms with Crippen molar-refractivity contribution < 1.29 is 42.0 Å². The van der Waals surface area contributed by atoms with Crippen LogP contribution in [0.4, 0.5) is 0 Å². The van der Waals surface area contributed by atoms with Gasteiger partial charge in [0.05, 0.1) is 0 Å². The Morgan fingerprint density at radius 1 is 1.33 bits per heavy atom. The van der Waals surface area contributed by atoms with Crippen LogP contribution < -0.4 is 37.2 Å². The van der Waals surface area contributed by atoms with Crippen molar-refractivity contribution in [3.05, 3.63) is 0 Å². The van der Waals surface area contributed by atoms with Crippen molar-refractivity contribution >= 4 is 28.3 Å². The van der Waals surface area contributed by atoms with Gasteiger partial charge >= 0.3 is 50.9 Å². The van der Waals surface area contributed by atoms with Crippen molar-refractivity contribution in [1.29, 1.82) is 0 Å². The number of ketones is 1. The molecule has 54 valence electrons. The molecule has 0 unspecified atom stereocenters. The molecule has 1 nitrogen and oxygen atoms in total. The Hall–Kier alpha value is 1.34. The molecule has 0 N–H and O–H groups in total. The first-order valence-corrected chi connectivity index (χ1v) is 3.93. The number of hydrogen-bond acceptors (Lipinski definition) is 1. The fourth-order valence-corrected chi connectivity index (χ4v) is 1.18. The summed E-state index contributed by atoms with van der Waals surface area (Å²) in [6.07, 6.45) is 0.776. The molecule has 0 fully saturated rings. The number of halogens is 3. The molecule has 0 spiro atoms. The van der Waals surface area contributed by atoms with Gasteiger partial charge in [0.1, 0.15) is 0 Å². The summed E-state index contributed by atoms with van der Waals surface area (Å²) in [5.41, 5.74) is 0. The van der Waals surface area contributed by atoms with Gasteiger partial charge in [0.15, 0.2) is 0 Å². The van der Waals surface area contributed by atoms with Gasteiger partial charge in [0, 0.05) is 0 Å². The second kappa shape index (κ2) is 16.2. The van der Waals surface area contributed by atoms with Crippen LogP contribution in [0.25, 0.3) is 0 Å². The third-order valence-electron chi connectivity index (χ3n) is 0.477. The van der Waals surface area contributed by atoms with E-state index in [0.29, 0.717) is 5.78 Å². The maximum absolute atomic E-state index is 10.1. The van der Waals surface area contributed by atoms with Crippen LogP contribution in [0.2, 0.25) is 4.44 Å². The predicted octanol–water partition coefficient (Wildman–Crippen LogP) is -8.44. The third-order valence-corrected chi connectivity index (χ3v) is 1.19. The van der Waals surface area contributed by atoms with Crippen LogP contribution in [-0.2, 0) is 4.79 Å². The van der Waals surface area contributed by atoms with Gasteiger partial charge < -0.3 is 37.2 Å². The molecule has 0 saturated carbocycles. The van der Waals surface area contributed by atoms with Crippen molar-refractivity contribution in [1.82, 2.24) is 0 Å². The minimum Gasteiger partial charge on any atom is -1.00 e. The molecule has 0 aliphatic carbocycles. The number of rotatable bonds is 2. The van der Waals surface area contributed by atoms with Crippen LogP contribution in [0.5, 0.6) is 0 Å². The van der Waals surface area contributed by atoms with Gasteiger partial charge in [0.2, 0.25) is 0 Å². The predicted molar refractivity (Wildman–Crippen MR) is 25.9 cm³/mol. The van der Waals surface area contributed by atoms with Crippen LogP contribution in [0.15, 0.2) is 0 Å². The standard InChI is InChI=1S/C4H7O.3ClH.Sn/c1-3-4(2)5;;;;/h1,3H2,2H3;3*1H;/q;;;;+3/p-3. The van der Waals surface area contributed by atoms with Crippen LogP contribution in [0.1, 0.15) is 13.3 Å². The number of carbonyl (C=O) groups excluding carboxylic acids is 1. The average molecular weight is 296 g/mol. The van der Waals surface area contributed by atoms with Crippen molar-refractivity contribution in [2.75, 3.05) is 0 Å². The van der Waals surface area contributed by atoms with Crippen molar-refractivity contribution in [3.63, 3.8) is 0 Å². The van der Waals surface area contributed by atoms with E-state index < -0.39 is 0 Å². The maximum Gasteiger partial charge on any atom is -1.00 e. The Balaban J connectivity index is -0.0000000417.